The summed E-state index contributed by atoms with van der Waals surface area (Å²) < 4.78 is 21.6. The molecule has 10 nitrogen and oxygen atoms in total. The minimum atomic E-state index is -0.607. The fourth-order valence-corrected chi connectivity index (χ4v) is 5.63. The summed E-state index contributed by atoms with van der Waals surface area (Å²) in [4.78, 5) is 44.0. The van der Waals surface area contributed by atoms with Crippen molar-refractivity contribution in [3.8, 4) is 28.8 Å². The summed E-state index contributed by atoms with van der Waals surface area (Å²) in [6.07, 6.45) is 2.98. The van der Waals surface area contributed by atoms with Crippen LogP contribution in [0, 0.1) is 24.1 Å². The molecule has 0 bridgehead atoms. The summed E-state index contributed by atoms with van der Waals surface area (Å²) in [6.45, 7) is 12.6. The SMILES string of the molecule is C=CC(=O)N1CCN(c2nc(=O)n(-c3c(C)ccnc3C(C)C)c3nc(-c4cccc(F)c4OC)c(C#N)cc23)C(C)C1. The first-order chi connectivity index (χ1) is 20.6. The minimum absolute atomic E-state index is 0.0341. The number of ether oxygens (including phenoxy) is 1. The smallest absolute Gasteiger partial charge is 0.355 e. The molecule has 11 heteroatoms. The van der Waals surface area contributed by atoms with E-state index in [1.54, 1.807) is 23.2 Å². The minimum Gasteiger partial charge on any atom is -0.493 e. The monoisotopic (exact) mass is 581 g/mol. The van der Waals surface area contributed by atoms with Crippen molar-refractivity contribution in [3.63, 3.8) is 0 Å². The van der Waals surface area contributed by atoms with E-state index in [4.69, 9.17) is 9.72 Å². The molecule has 220 valence electrons. The number of anilines is 1. The van der Waals surface area contributed by atoms with Gasteiger partial charge < -0.3 is 14.5 Å². The highest BCUT2D eigenvalue weighted by atomic mass is 19.1. The second-order valence-corrected chi connectivity index (χ2v) is 10.8. The van der Waals surface area contributed by atoms with E-state index in [-0.39, 0.29) is 46.1 Å². The molecule has 1 fully saturated rings. The Morgan fingerprint density at radius 1 is 1.26 bits per heavy atom. The number of hydrogen-bond acceptors (Lipinski definition) is 8. The van der Waals surface area contributed by atoms with Crippen LogP contribution in [0.3, 0.4) is 0 Å². The van der Waals surface area contributed by atoms with Crippen LogP contribution in [0.15, 0.2) is 54.0 Å². The molecule has 1 atom stereocenters. The Morgan fingerprint density at radius 3 is 2.67 bits per heavy atom. The van der Waals surface area contributed by atoms with Crippen LogP contribution in [0.4, 0.5) is 10.2 Å². The van der Waals surface area contributed by atoms with Crippen LogP contribution in [-0.2, 0) is 4.79 Å². The third kappa shape index (κ3) is 5.09. The maximum atomic E-state index is 14.8. The average molecular weight is 582 g/mol. The Hall–Kier alpha value is -5.11. The number of aromatic nitrogens is 4. The topological polar surface area (TPSA) is 117 Å². The van der Waals surface area contributed by atoms with Gasteiger partial charge >= 0.3 is 5.69 Å². The molecule has 1 unspecified atom stereocenters. The lowest BCUT2D eigenvalue weighted by Gasteiger charge is -2.40. The molecular formula is C32H32FN7O3. The molecule has 0 aliphatic carbocycles. The van der Waals surface area contributed by atoms with Gasteiger partial charge in [-0.15, -0.1) is 0 Å². The molecule has 5 rings (SSSR count). The molecule has 1 amide bonds. The number of hydrogen-bond donors (Lipinski definition) is 0. The third-order valence-corrected chi connectivity index (χ3v) is 7.71. The summed E-state index contributed by atoms with van der Waals surface area (Å²) >= 11 is 0. The second kappa shape index (κ2) is 11.6. The van der Waals surface area contributed by atoms with Gasteiger partial charge in [0.2, 0.25) is 5.91 Å². The highest BCUT2D eigenvalue weighted by Gasteiger charge is 2.31. The Morgan fingerprint density at radius 2 is 2.02 bits per heavy atom. The van der Waals surface area contributed by atoms with Gasteiger partial charge in [-0.25, -0.2) is 18.7 Å². The van der Waals surface area contributed by atoms with Crippen molar-refractivity contribution in [3.05, 3.63) is 82.3 Å². The zero-order valence-electron chi connectivity index (χ0n) is 24.8. The number of nitrogens with zero attached hydrogens (tertiary/aromatic N) is 7. The summed E-state index contributed by atoms with van der Waals surface area (Å²) in [5.74, 6) is -0.525. The van der Waals surface area contributed by atoms with Gasteiger partial charge in [-0.2, -0.15) is 10.2 Å². The molecule has 43 heavy (non-hydrogen) atoms. The molecule has 0 spiro atoms. The molecule has 0 radical (unpaired) electrons. The predicted molar refractivity (Wildman–Crippen MR) is 162 cm³/mol. The zero-order valence-corrected chi connectivity index (χ0v) is 24.8. The number of halogens is 1. The molecule has 1 aliphatic rings. The summed E-state index contributed by atoms with van der Waals surface area (Å²) in [7, 11) is 1.35. The molecule has 3 aromatic heterocycles. The van der Waals surface area contributed by atoms with Crippen LogP contribution in [-0.4, -0.2) is 63.1 Å². The third-order valence-electron chi connectivity index (χ3n) is 7.71. The number of carbonyl (C=O) groups is 1. The first kappa shape index (κ1) is 29.4. The lowest BCUT2D eigenvalue weighted by molar-refractivity contribution is -0.126. The number of rotatable bonds is 6. The maximum Gasteiger partial charge on any atom is 0.355 e. The molecule has 1 aliphatic heterocycles. The first-order valence-corrected chi connectivity index (χ1v) is 14.0. The van der Waals surface area contributed by atoms with Crippen LogP contribution in [0.5, 0.6) is 5.75 Å². The number of amides is 1. The normalized spacial score (nSPS) is 15.1. The van der Waals surface area contributed by atoms with Crippen LogP contribution < -0.4 is 15.3 Å². The van der Waals surface area contributed by atoms with E-state index in [0.29, 0.717) is 42.2 Å². The standard InChI is InChI=1S/C32H32FN7O3/c1-7-25(41)38-13-14-39(20(5)17-38)30-23-15-21(16-34)27(22-9-8-10-24(33)29(22)43-6)36-31(23)40(32(42)37-30)28-19(4)11-12-35-26(28)18(2)3/h7-12,15,18,20H,1,13-14,17H2,2-6H3. The van der Waals surface area contributed by atoms with Crippen molar-refractivity contribution < 1.29 is 13.9 Å². The number of para-hydroxylation sites is 1. The van der Waals surface area contributed by atoms with Gasteiger partial charge in [0, 0.05) is 37.4 Å². The number of aryl methyl sites for hydroxylation is 1. The van der Waals surface area contributed by atoms with Gasteiger partial charge in [0.25, 0.3) is 0 Å². The molecule has 4 heterocycles. The van der Waals surface area contributed by atoms with Gasteiger partial charge in [0.1, 0.15) is 11.9 Å². The number of fused-ring (bicyclic) bond motifs is 1. The molecular weight excluding hydrogens is 549 g/mol. The zero-order chi connectivity index (χ0) is 31.0. The van der Waals surface area contributed by atoms with Crippen molar-refractivity contribution in [2.24, 2.45) is 0 Å². The van der Waals surface area contributed by atoms with Gasteiger partial charge in [-0.05, 0) is 55.7 Å². The number of nitriles is 1. The summed E-state index contributed by atoms with van der Waals surface area (Å²) in [5, 5.41) is 10.7. The molecule has 0 N–H and O–H groups in total. The van der Waals surface area contributed by atoms with Crippen LogP contribution in [0.1, 0.15) is 43.5 Å². The molecule has 0 saturated carbocycles. The summed E-state index contributed by atoms with van der Waals surface area (Å²) in [6, 6.07) is 9.83. The summed E-state index contributed by atoms with van der Waals surface area (Å²) in [5.41, 5.74) is 2.28. The van der Waals surface area contributed by atoms with Crippen molar-refractivity contribution in [1.82, 2.24) is 24.4 Å². The lowest BCUT2D eigenvalue weighted by atomic mass is 10.0. The van der Waals surface area contributed by atoms with Crippen molar-refractivity contribution in [2.75, 3.05) is 31.6 Å². The average Bonchev–Trinajstić information content (AvgIpc) is 2.99. The van der Waals surface area contributed by atoms with E-state index in [0.717, 1.165) is 5.56 Å². The number of pyridine rings is 2. The van der Waals surface area contributed by atoms with Crippen molar-refractivity contribution >= 4 is 22.8 Å². The van der Waals surface area contributed by atoms with Crippen LogP contribution in [0.25, 0.3) is 28.0 Å². The van der Waals surface area contributed by atoms with Crippen LogP contribution >= 0.6 is 0 Å². The largest absolute Gasteiger partial charge is 0.493 e. The van der Waals surface area contributed by atoms with Gasteiger partial charge in [-0.3, -0.25) is 9.78 Å². The molecule has 1 aromatic carbocycles. The van der Waals surface area contributed by atoms with Crippen molar-refractivity contribution in [1.29, 1.82) is 5.26 Å². The first-order valence-electron chi connectivity index (χ1n) is 14.0. The highest BCUT2D eigenvalue weighted by molar-refractivity contribution is 5.93. The van der Waals surface area contributed by atoms with Crippen molar-refractivity contribution in [2.45, 2.75) is 39.7 Å². The Balaban J connectivity index is 1.87. The van der Waals surface area contributed by atoms with Gasteiger partial charge in [-0.1, -0.05) is 26.5 Å². The second-order valence-electron chi connectivity index (χ2n) is 10.8. The molecule has 1 saturated heterocycles. The van der Waals surface area contributed by atoms with Gasteiger partial charge in [0.05, 0.1) is 35.1 Å². The predicted octanol–water partition coefficient (Wildman–Crippen LogP) is 4.52. The lowest BCUT2D eigenvalue weighted by Crippen LogP contribution is -2.54. The maximum absolute atomic E-state index is 14.8. The van der Waals surface area contributed by atoms with E-state index in [2.05, 4.69) is 22.6 Å². The Bertz CT molecular complexity index is 1860. The number of methoxy groups -OCH3 is 1. The Labute approximate surface area is 248 Å². The highest BCUT2D eigenvalue weighted by Crippen LogP contribution is 2.37. The number of carbonyl (C=O) groups excluding carboxylic acids is 1. The van der Waals surface area contributed by atoms with E-state index in [1.807, 2.05) is 38.7 Å². The number of benzene rings is 1. The van der Waals surface area contributed by atoms with E-state index in [1.165, 1.54) is 29.9 Å². The number of piperazine rings is 1. The van der Waals surface area contributed by atoms with E-state index >= 15 is 0 Å². The van der Waals surface area contributed by atoms with E-state index in [9.17, 15) is 19.2 Å². The van der Waals surface area contributed by atoms with Crippen LogP contribution in [0.2, 0.25) is 0 Å². The van der Waals surface area contributed by atoms with E-state index < -0.39 is 11.5 Å². The quantitative estimate of drug-likeness (QED) is 0.305. The Kier molecular flexibility index (Phi) is 7.96. The fourth-order valence-electron chi connectivity index (χ4n) is 5.63. The molecule has 4 aromatic rings. The fraction of sp³-hybridized carbons (Fsp3) is 0.312. The van der Waals surface area contributed by atoms with Gasteiger partial charge in [0.15, 0.2) is 17.2 Å².